The number of nitrogens with zero attached hydrogens (tertiary/aromatic N) is 2. The minimum Gasteiger partial charge on any atom is -0.409 e. The van der Waals surface area contributed by atoms with Crippen LogP contribution in [0.2, 0.25) is 0 Å². The van der Waals surface area contributed by atoms with Gasteiger partial charge >= 0.3 is 0 Å². The molecule has 2 rings (SSSR count). The Labute approximate surface area is 119 Å². The summed E-state index contributed by atoms with van der Waals surface area (Å²) < 4.78 is 0. The van der Waals surface area contributed by atoms with Crippen molar-refractivity contribution in [1.29, 1.82) is 0 Å². The predicted octanol–water partition coefficient (Wildman–Crippen LogP) is 2.13. The van der Waals surface area contributed by atoms with Crippen LogP contribution >= 0.6 is 0 Å². The monoisotopic (exact) mass is 275 g/mol. The normalized spacial score (nSPS) is 16.6. The summed E-state index contributed by atoms with van der Waals surface area (Å²) in [6, 6.07) is 7.93. The quantitative estimate of drug-likeness (QED) is 0.382. The van der Waals surface area contributed by atoms with Gasteiger partial charge in [0.2, 0.25) is 5.91 Å². The first-order valence-electron chi connectivity index (χ1n) is 7.05. The molecule has 0 saturated heterocycles. The zero-order chi connectivity index (χ0) is 14.5. The largest absolute Gasteiger partial charge is 0.409 e. The van der Waals surface area contributed by atoms with Crippen LogP contribution in [0.5, 0.6) is 0 Å². The number of amidine groups is 1. The van der Waals surface area contributed by atoms with E-state index in [0.717, 1.165) is 24.9 Å². The van der Waals surface area contributed by atoms with Gasteiger partial charge in [0, 0.05) is 12.2 Å². The lowest BCUT2D eigenvalue weighted by Gasteiger charge is -2.32. The highest BCUT2D eigenvalue weighted by molar-refractivity contribution is 6.09. The van der Waals surface area contributed by atoms with Crippen LogP contribution in [0.3, 0.4) is 0 Å². The molecular weight excluding hydrogens is 254 g/mol. The standard InChI is InChI=1S/C15H21N3O2/c1-2-6-12(14(16)17-20)15(19)18-10-5-8-11-7-3-4-9-13(11)18/h3-4,7,9,12,20H,2,5-6,8,10H2,1H3,(H2,16,17). The van der Waals surface area contributed by atoms with Gasteiger partial charge in [0.15, 0.2) is 5.84 Å². The summed E-state index contributed by atoms with van der Waals surface area (Å²) >= 11 is 0. The van der Waals surface area contributed by atoms with Crippen LogP contribution in [0.25, 0.3) is 0 Å². The van der Waals surface area contributed by atoms with Crippen molar-refractivity contribution in [3.05, 3.63) is 29.8 Å². The number of carbonyl (C=O) groups is 1. The van der Waals surface area contributed by atoms with Gasteiger partial charge in [0.1, 0.15) is 0 Å². The number of hydrogen-bond acceptors (Lipinski definition) is 3. The maximum Gasteiger partial charge on any atom is 0.237 e. The van der Waals surface area contributed by atoms with E-state index in [1.165, 1.54) is 5.56 Å². The molecule has 0 aliphatic carbocycles. The van der Waals surface area contributed by atoms with Crippen molar-refractivity contribution in [2.45, 2.75) is 32.6 Å². The Bertz CT molecular complexity index is 514. The fourth-order valence-electron chi connectivity index (χ4n) is 2.71. The fraction of sp³-hybridized carbons (Fsp3) is 0.467. The number of anilines is 1. The molecule has 0 saturated carbocycles. The molecule has 0 spiro atoms. The molecule has 108 valence electrons. The van der Waals surface area contributed by atoms with Crippen LogP contribution in [-0.4, -0.2) is 23.5 Å². The van der Waals surface area contributed by atoms with E-state index >= 15 is 0 Å². The van der Waals surface area contributed by atoms with Crippen LogP contribution in [0.4, 0.5) is 5.69 Å². The molecule has 1 unspecified atom stereocenters. The summed E-state index contributed by atoms with van der Waals surface area (Å²) in [7, 11) is 0. The van der Waals surface area contributed by atoms with Crippen molar-refractivity contribution in [3.63, 3.8) is 0 Å². The first-order chi connectivity index (χ1) is 9.69. The second-order valence-corrected chi connectivity index (χ2v) is 5.09. The number of hydrogen-bond donors (Lipinski definition) is 2. The van der Waals surface area contributed by atoms with E-state index in [2.05, 4.69) is 5.16 Å². The van der Waals surface area contributed by atoms with Crippen LogP contribution in [-0.2, 0) is 11.2 Å². The molecule has 1 aliphatic heterocycles. The van der Waals surface area contributed by atoms with Crippen LogP contribution < -0.4 is 10.6 Å². The third-order valence-electron chi connectivity index (χ3n) is 3.72. The van der Waals surface area contributed by atoms with Gasteiger partial charge in [-0.15, -0.1) is 0 Å². The van der Waals surface area contributed by atoms with Crippen molar-refractivity contribution < 1.29 is 10.0 Å². The topological polar surface area (TPSA) is 78.9 Å². The van der Waals surface area contributed by atoms with Crippen molar-refractivity contribution >= 4 is 17.4 Å². The van der Waals surface area contributed by atoms with Crippen LogP contribution in [0, 0.1) is 5.92 Å². The van der Waals surface area contributed by atoms with Crippen molar-refractivity contribution in [2.75, 3.05) is 11.4 Å². The number of fused-ring (bicyclic) bond motifs is 1. The molecule has 5 heteroatoms. The summed E-state index contributed by atoms with van der Waals surface area (Å²) in [5.74, 6) is -0.620. The van der Waals surface area contributed by atoms with E-state index in [0.29, 0.717) is 13.0 Å². The number of para-hydroxylation sites is 1. The predicted molar refractivity (Wildman–Crippen MR) is 78.9 cm³/mol. The molecule has 3 N–H and O–H groups in total. The highest BCUT2D eigenvalue weighted by atomic mass is 16.4. The second-order valence-electron chi connectivity index (χ2n) is 5.09. The third-order valence-corrected chi connectivity index (χ3v) is 3.72. The molecule has 20 heavy (non-hydrogen) atoms. The number of oxime groups is 1. The summed E-state index contributed by atoms with van der Waals surface area (Å²) in [5, 5.41) is 11.9. The number of nitrogens with two attached hydrogens (primary N) is 1. The summed E-state index contributed by atoms with van der Waals surface area (Å²) in [6.07, 6.45) is 3.33. The molecule has 0 aromatic heterocycles. The van der Waals surface area contributed by atoms with Gasteiger partial charge in [-0.3, -0.25) is 4.79 Å². The highest BCUT2D eigenvalue weighted by Crippen LogP contribution is 2.28. The third kappa shape index (κ3) is 2.76. The minimum absolute atomic E-state index is 0.0000883. The second kappa shape index (κ2) is 6.41. The van der Waals surface area contributed by atoms with E-state index in [-0.39, 0.29) is 11.7 Å². The van der Waals surface area contributed by atoms with Crippen LogP contribution in [0.1, 0.15) is 31.7 Å². The fourth-order valence-corrected chi connectivity index (χ4v) is 2.71. The number of benzene rings is 1. The Kier molecular flexibility index (Phi) is 4.61. The Morgan fingerprint density at radius 1 is 1.50 bits per heavy atom. The van der Waals surface area contributed by atoms with E-state index < -0.39 is 5.92 Å². The van der Waals surface area contributed by atoms with E-state index in [1.54, 1.807) is 4.90 Å². The van der Waals surface area contributed by atoms with Gasteiger partial charge in [0.05, 0.1) is 5.92 Å². The number of carbonyl (C=O) groups excluding carboxylic acids is 1. The number of aryl methyl sites for hydroxylation is 1. The maximum absolute atomic E-state index is 12.7. The lowest BCUT2D eigenvalue weighted by atomic mass is 9.96. The van der Waals surface area contributed by atoms with E-state index in [1.807, 2.05) is 31.2 Å². The summed E-state index contributed by atoms with van der Waals surface area (Å²) in [4.78, 5) is 14.5. The van der Waals surface area contributed by atoms with Crippen molar-refractivity contribution in [1.82, 2.24) is 0 Å². The van der Waals surface area contributed by atoms with Crippen molar-refractivity contribution in [3.8, 4) is 0 Å². The molecular formula is C15H21N3O2. The van der Waals surface area contributed by atoms with Gasteiger partial charge < -0.3 is 15.8 Å². The molecule has 1 atom stereocenters. The zero-order valence-corrected chi connectivity index (χ0v) is 11.7. The zero-order valence-electron chi connectivity index (χ0n) is 11.7. The Morgan fingerprint density at radius 3 is 2.95 bits per heavy atom. The average Bonchev–Trinajstić information content (AvgIpc) is 2.50. The van der Waals surface area contributed by atoms with Gasteiger partial charge in [-0.1, -0.05) is 36.7 Å². The minimum atomic E-state index is -0.545. The maximum atomic E-state index is 12.7. The lowest BCUT2D eigenvalue weighted by molar-refractivity contribution is -0.120. The smallest absolute Gasteiger partial charge is 0.237 e. The van der Waals surface area contributed by atoms with Crippen LogP contribution in [0.15, 0.2) is 29.4 Å². The van der Waals surface area contributed by atoms with Gasteiger partial charge in [-0.2, -0.15) is 0 Å². The molecule has 1 amide bonds. The number of rotatable bonds is 4. The highest BCUT2D eigenvalue weighted by Gasteiger charge is 2.30. The molecule has 5 nitrogen and oxygen atoms in total. The van der Waals surface area contributed by atoms with Gasteiger partial charge in [-0.05, 0) is 30.9 Å². The molecule has 1 aromatic rings. The molecule has 0 fully saturated rings. The molecule has 0 bridgehead atoms. The Balaban J connectivity index is 2.29. The SMILES string of the molecule is CCCC(C(=O)N1CCCc2ccccc21)C(N)=NO. The summed E-state index contributed by atoms with van der Waals surface area (Å²) in [6.45, 7) is 2.67. The number of amides is 1. The molecule has 1 aliphatic rings. The summed E-state index contributed by atoms with van der Waals surface area (Å²) in [5.41, 5.74) is 7.82. The molecule has 1 heterocycles. The van der Waals surface area contributed by atoms with E-state index in [9.17, 15) is 4.79 Å². The first kappa shape index (κ1) is 14.4. The van der Waals surface area contributed by atoms with Crippen molar-refractivity contribution in [2.24, 2.45) is 16.8 Å². The van der Waals surface area contributed by atoms with E-state index in [4.69, 9.17) is 10.9 Å². The van der Waals surface area contributed by atoms with Gasteiger partial charge in [-0.25, -0.2) is 0 Å². The Morgan fingerprint density at radius 2 is 2.25 bits per heavy atom. The Hall–Kier alpha value is -2.04. The first-order valence-corrected chi connectivity index (χ1v) is 7.05. The average molecular weight is 275 g/mol. The lowest BCUT2D eigenvalue weighted by Crippen LogP contribution is -2.44. The van der Waals surface area contributed by atoms with Gasteiger partial charge in [0.25, 0.3) is 0 Å². The molecule has 0 radical (unpaired) electrons. The molecule has 1 aromatic carbocycles.